The van der Waals surface area contributed by atoms with E-state index in [1.54, 1.807) is 0 Å². The number of esters is 1. The molecule has 0 saturated heterocycles. The largest absolute Gasteiger partial charge is 0.463 e. The number of carbonyl (C=O) groups excluding carboxylic acids is 1. The van der Waals surface area contributed by atoms with Crippen molar-refractivity contribution in [3.63, 3.8) is 0 Å². The van der Waals surface area contributed by atoms with Crippen LogP contribution in [0.5, 0.6) is 0 Å². The second-order valence-electron chi connectivity index (χ2n) is 4.76. The fraction of sp³-hybridized carbons (Fsp3) is 0.235. The van der Waals surface area contributed by atoms with Crippen LogP contribution in [-0.4, -0.2) is 35.5 Å². The molecule has 2 aromatic rings. The van der Waals surface area contributed by atoms with Crippen LogP contribution in [0.15, 0.2) is 54.6 Å². The number of aliphatic hydroxyl groups is 2. The first-order valence-corrected chi connectivity index (χ1v) is 6.78. The van der Waals surface area contributed by atoms with E-state index in [-0.39, 0.29) is 13.0 Å². The minimum Gasteiger partial charge on any atom is -0.463 e. The molecule has 0 heterocycles. The van der Waals surface area contributed by atoms with Crippen molar-refractivity contribution in [2.24, 2.45) is 0 Å². The number of aliphatic hydroxyl groups excluding tert-OH is 2. The Morgan fingerprint density at radius 3 is 2.24 bits per heavy atom. The highest BCUT2D eigenvalue weighted by Gasteiger charge is 2.08. The number of ether oxygens (including phenoxy) is 1. The van der Waals surface area contributed by atoms with Gasteiger partial charge in [-0.15, -0.1) is 0 Å². The summed E-state index contributed by atoms with van der Waals surface area (Å²) in [6, 6.07) is 17.7. The second kappa shape index (κ2) is 7.57. The van der Waals surface area contributed by atoms with Crippen LogP contribution >= 0.6 is 0 Å². The molecular formula is C17H18O4. The highest BCUT2D eigenvalue weighted by Crippen LogP contribution is 2.19. The van der Waals surface area contributed by atoms with Gasteiger partial charge in [-0.05, 0) is 16.7 Å². The van der Waals surface area contributed by atoms with Gasteiger partial charge < -0.3 is 14.9 Å². The maximum atomic E-state index is 11.6. The maximum absolute atomic E-state index is 11.6. The van der Waals surface area contributed by atoms with Crippen molar-refractivity contribution in [3.05, 3.63) is 60.2 Å². The molecule has 2 N–H and O–H groups in total. The first-order chi connectivity index (χ1) is 10.2. The molecule has 0 saturated carbocycles. The van der Waals surface area contributed by atoms with Crippen LogP contribution in [0.1, 0.15) is 5.56 Å². The van der Waals surface area contributed by atoms with E-state index in [0.717, 1.165) is 16.7 Å². The van der Waals surface area contributed by atoms with Crippen molar-refractivity contribution in [3.8, 4) is 11.1 Å². The Hall–Kier alpha value is -2.17. The molecular weight excluding hydrogens is 268 g/mol. The summed E-state index contributed by atoms with van der Waals surface area (Å²) in [6.07, 6.45) is -0.873. The number of benzene rings is 2. The number of hydrogen-bond acceptors (Lipinski definition) is 4. The van der Waals surface area contributed by atoms with Gasteiger partial charge >= 0.3 is 5.97 Å². The Morgan fingerprint density at radius 2 is 1.62 bits per heavy atom. The third-order valence-corrected chi connectivity index (χ3v) is 3.06. The third-order valence-electron chi connectivity index (χ3n) is 3.06. The third kappa shape index (κ3) is 4.70. The van der Waals surface area contributed by atoms with E-state index in [9.17, 15) is 4.79 Å². The Morgan fingerprint density at radius 1 is 1.00 bits per heavy atom. The van der Waals surface area contributed by atoms with Gasteiger partial charge in [0.05, 0.1) is 13.0 Å². The first-order valence-electron chi connectivity index (χ1n) is 6.78. The van der Waals surface area contributed by atoms with E-state index in [1.807, 2.05) is 54.6 Å². The summed E-state index contributed by atoms with van der Waals surface area (Å²) in [7, 11) is 0. The zero-order chi connectivity index (χ0) is 15.1. The predicted molar refractivity (Wildman–Crippen MR) is 79.6 cm³/mol. The van der Waals surface area contributed by atoms with E-state index in [1.165, 1.54) is 0 Å². The Labute approximate surface area is 123 Å². The average Bonchev–Trinajstić information content (AvgIpc) is 2.54. The van der Waals surface area contributed by atoms with Gasteiger partial charge in [0, 0.05) is 0 Å². The highest BCUT2D eigenvalue weighted by atomic mass is 16.5. The summed E-state index contributed by atoms with van der Waals surface area (Å²) in [4.78, 5) is 11.6. The Kier molecular flexibility index (Phi) is 5.49. The van der Waals surface area contributed by atoms with Crippen LogP contribution in [0.4, 0.5) is 0 Å². The summed E-state index contributed by atoms with van der Waals surface area (Å²) < 4.78 is 4.86. The summed E-state index contributed by atoms with van der Waals surface area (Å²) in [5, 5.41) is 17.7. The highest BCUT2D eigenvalue weighted by molar-refractivity contribution is 5.73. The summed E-state index contributed by atoms with van der Waals surface area (Å²) in [6.45, 7) is -0.601. The summed E-state index contributed by atoms with van der Waals surface area (Å²) in [5.41, 5.74) is 3.05. The molecule has 0 aromatic heterocycles. The smallest absolute Gasteiger partial charge is 0.310 e. The van der Waals surface area contributed by atoms with Gasteiger partial charge in [0.15, 0.2) is 0 Å². The Bertz CT molecular complexity index is 563. The lowest BCUT2D eigenvalue weighted by molar-refractivity contribution is -0.146. The van der Waals surface area contributed by atoms with Crippen molar-refractivity contribution in [1.29, 1.82) is 0 Å². The minimum atomic E-state index is -1.02. The van der Waals surface area contributed by atoms with E-state index >= 15 is 0 Å². The fourth-order valence-electron chi connectivity index (χ4n) is 1.91. The lowest BCUT2D eigenvalue weighted by atomic mass is 10.0. The molecule has 2 aromatic carbocycles. The topological polar surface area (TPSA) is 66.8 Å². The summed E-state index contributed by atoms with van der Waals surface area (Å²) >= 11 is 0. The molecule has 4 heteroatoms. The van der Waals surface area contributed by atoms with Gasteiger partial charge in [0.2, 0.25) is 0 Å². The standard InChI is InChI=1S/C17H18O4/c18-11-16(19)12-21-17(20)10-13-6-8-15(9-7-13)14-4-2-1-3-5-14/h1-9,16,18-19H,10-12H2. The Balaban J connectivity index is 1.92. The molecule has 0 amide bonds. The molecule has 0 fully saturated rings. The van der Waals surface area contributed by atoms with Crippen molar-refractivity contribution < 1.29 is 19.7 Å². The fourth-order valence-corrected chi connectivity index (χ4v) is 1.91. The van der Waals surface area contributed by atoms with E-state index < -0.39 is 18.7 Å². The number of rotatable bonds is 6. The minimum absolute atomic E-state index is 0.146. The molecule has 1 atom stereocenters. The molecule has 21 heavy (non-hydrogen) atoms. The maximum Gasteiger partial charge on any atom is 0.310 e. The quantitative estimate of drug-likeness (QED) is 0.795. The lowest BCUT2D eigenvalue weighted by Crippen LogP contribution is -2.22. The molecule has 4 nitrogen and oxygen atoms in total. The van der Waals surface area contributed by atoms with Crippen LogP contribution in [0.2, 0.25) is 0 Å². The SMILES string of the molecule is O=C(Cc1ccc(-c2ccccc2)cc1)OCC(O)CO. The van der Waals surface area contributed by atoms with Gasteiger partial charge in [-0.3, -0.25) is 4.79 Å². The zero-order valence-corrected chi connectivity index (χ0v) is 11.6. The van der Waals surface area contributed by atoms with Crippen LogP contribution in [0, 0.1) is 0 Å². The first kappa shape index (κ1) is 15.2. The molecule has 110 valence electrons. The molecule has 0 aliphatic heterocycles. The van der Waals surface area contributed by atoms with E-state index in [0.29, 0.717) is 0 Å². The van der Waals surface area contributed by atoms with Crippen LogP contribution in [-0.2, 0) is 16.0 Å². The van der Waals surface area contributed by atoms with E-state index in [2.05, 4.69) is 0 Å². The predicted octanol–water partition coefficient (Wildman–Crippen LogP) is 1.79. The molecule has 0 spiro atoms. The molecule has 0 bridgehead atoms. The summed E-state index contributed by atoms with van der Waals surface area (Å²) in [5.74, 6) is -0.421. The molecule has 2 rings (SSSR count). The van der Waals surface area contributed by atoms with Crippen LogP contribution in [0.25, 0.3) is 11.1 Å². The van der Waals surface area contributed by atoms with Gasteiger partial charge in [-0.2, -0.15) is 0 Å². The van der Waals surface area contributed by atoms with Crippen molar-refractivity contribution >= 4 is 5.97 Å². The van der Waals surface area contributed by atoms with Gasteiger partial charge in [0.25, 0.3) is 0 Å². The van der Waals surface area contributed by atoms with Gasteiger partial charge in [-0.25, -0.2) is 0 Å². The van der Waals surface area contributed by atoms with Crippen molar-refractivity contribution in [2.45, 2.75) is 12.5 Å². The number of hydrogen-bond donors (Lipinski definition) is 2. The van der Waals surface area contributed by atoms with Crippen LogP contribution in [0.3, 0.4) is 0 Å². The molecule has 0 aliphatic carbocycles. The van der Waals surface area contributed by atoms with E-state index in [4.69, 9.17) is 14.9 Å². The lowest BCUT2D eigenvalue weighted by Gasteiger charge is -2.09. The van der Waals surface area contributed by atoms with Crippen LogP contribution < -0.4 is 0 Å². The monoisotopic (exact) mass is 286 g/mol. The normalized spacial score (nSPS) is 11.9. The van der Waals surface area contributed by atoms with Gasteiger partial charge in [-0.1, -0.05) is 54.6 Å². The second-order valence-corrected chi connectivity index (χ2v) is 4.76. The number of carbonyl (C=O) groups is 1. The molecule has 0 aliphatic rings. The van der Waals surface area contributed by atoms with Gasteiger partial charge in [0.1, 0.15) is 12.7 Å². The van der Waals surface area contributed by atoms with Crippen molar-refractivity contribution in [2.75, 3.05) is 13.2 Å². The average molecular weight is 286 g/mol. The zero-order valence-electron chi connectivity index (χ0n) is 11.6. The molecule has 0 radical (unpaired) electrons. The molecule has 1 unspecified atom stereocenters. The van der Waals surface area contributed by atoms with Crippen molar-refractivity contribution in [1.82, 2.24) is 0 Å².